The van der Waals surface area contributed by atoms with E-state index in [0.717, 1.165) is 0 Å². The largest absolute Gasteiger partial charge is 1.00 e. The van der Waals surface area contributed by atoms with Crippen LogP contribution in [0.3, 0.4) is 0 Å². The molecule has 1 heterocycles. The molecule has 0 aliphatic carbocycles. The number of piperidine rings is 1. The van der Waals surface area contributed by atoms with Crippen LogP contribution in [0.25, 0.3) is 0 Å². The van der Waals surface area contributed by atoms with Crippen LogP contribution in [0.15, 0.2) is 0 Å². The minimum absolute atomic E-state index is 0. The fraction of sp³-hybridized carbons (Fsp3) is 1.00. The average molecular weight is 189 g/mol. The molecular weight excluding hydrogens is 165 g/mol. The third-order valence-corrected chi connectivity index (χ3v) is 3.42. The lowest BCUT2D eigenvalue weighted by molar-refractivity contribution is -0.931. The molecule has 0 radical (unpaired) electrons. The van der Waals surface area contributed by atoms with Gasteiger partial charge in [0.25, 0.3) is 0 Å². The van der Waals surface area contributed by atoms with Crippen LogP contribution in [0.1, 0.15) is 46.0 Å². The Morgan fingerprint density at radius 3 is 2.08 bits per heavy atom. The van der Waals surface area contributed by atoms with Crippen molar-refractivity contribution in [3.8, 4) is 0 Å². The Kier molecular flexibility index (Phi) is 6.31. The number of rotatable bonds is 4. The Bertz CT molecular complexity index is 119. The van der Waals surface area contributed by atoms with E-state index in [-0.39, 0.29) is 4.70 Å². The van der Waals surface area contributed by atoms with Crippen molar-refractivity contribution in [3.63, 3.8) is 0 Å². The standard InChI is InChI=1S/C11H24N.FH/c1-3-5-9-12(4-2)10-7-6-8-11-12;/h3-11H2,1-2H3;1H/q+1;/p-1. The molecule has 0 bridgehead atoms. The van der Waals surface area contributed by atoms with E-state index in [4.69, 9.17) is 0 Å². The Labute approximate surface area is 82.1 Å². The van der Waals surface area contributed by atoms with Crippen molar-refractivity contribution < 1.29 is 9.19 Å². The van der Waals surface area contributed by atoms with Crippen LogP contribution in [-0.4, -0.2) is 30.7 Å². The normalized spacial score (nSPS) is 20.8. The molecule has 1 aliphatic rings. The van der Waals surface area contributed by atoms with Gasteiger partial charge in [-0.1, -0.05) is 13.3 Å². The van der Waals surface area contributed by atoms with E-state index in [1.165, 1.54) is 62.8 Å². The minimum atomic E-state index is 0. The Balaban J connectivity index is 0.00000144. The van der Waals surface area contributed by atoms with E-state index in [1.54, 1.807) is 0 Å². The van der Waals surface area contributed by atoms with E-state index >= 15 is 0 Å². The summed E-state index contributed by atoms with van der Waals surface area (Å²) in [6.45, 7) is 10.4. The van der Waals surface area contributed by atoms with E-state index in [9.17, 15) is 0 Å². The lowest BCUT2D eigenvalue weighted by atomic mass is 10.1. The Morgan fingerprint density at radius 2 is 1.62 bits per heavy atom. The molecule has 13 heavy (non-hydrogen) atoms. The molecule has 0 aromatic rings. The summed E-state index contributed by atoms with van der Waals surface area (Å²) in [6.07, 6.45) is 7.20. The number of nitrogens with zero attached hydrogens (tertiary/aromatic N) is 1. The van der Waals surface area contributed by atoms with Crippen molar-refractivity contribution in [1.82, 2.24) is 0 Å². The minimum Gasteiger partial charge on any atom is -1.00 e. The van der Waals surface area contributed by atoms with Gasteiger partial charge in [0.15, 0.2) is 0 Å². The number of quaternary nitrogens is 1. The van der Waals surface area contributed by atoms with Gasteiger partial charge in [0.05, 0.1) is 26.2 Å². The molecule has 1 fully saturated rings. The van der Waals surface area contributed by atoms with E-state index < -0.39 is 0 Å². The summed E-state index contributed by atoms with van der Waals surface area (Å²) in [5.41, 5.74) is 0. The van der Waals surface area contributed by atoms with Crippen LogP contribution < -0.4 is 4.70 Å². The first-order valence-corrected chi connectivity index (χ1v) is 5.68. The lowest BCUT2D eigenvalue weighted by Gasteiger charge is -2.40. The predicted molar refractivity (Wildman–Crippen MR) is 54.2 cm³/mol. The van der Waals surface area contributed by atoms with Crippen LogP contribution in [0, 0.1) is 0 Å². The molecule has 1 aliphatic heterocycles. The van der Waals surface area contributed by atoms with Crippen LogP contribution >= 0.6 is 0 Å². The first-order chi connectivity index (χ1) is 5.83. The highest BCUT2D eigenvalue weighted by molar-refractivity contribution is 4.53. The third-order valence-electron chi connectivity index (χ3n) is 3.42. The maximum absolute atomic E-state index is 2.36. The zero-order valence-corrected chi connectivity index (χ0v) is 9.19. The average Bonchev–Trinajstić information content (AvgIpc) is 2.16. The fourth-order valence-electron chi connectivity index (χ4n) is 2.37. The monoisotopic (exact) mass is 189 g/mol. The molecule has 1 rings (SSSR count). The summed E-state index contributed by atoms with van der Waals surface area (Å²) in [6, 6.07) is 0. The first kappa shape index (κ1) is 12.9. The maximum Gasteiger partial charge on any atom is 0.0786 e. The van der Waals surface area contributed by atoms with Crippen molar-refractivity contribution >= 4 is 0 Å². The number of hydrogen-bond donors (Lipinski definition) is 0. The van der Waals surface area contributed by atoms with Gasteiger partial charge in [-0.25, -0.2) is 0 Å². The van der Waals surface area contributed by atoms with Crippen molar-refractivity contribution in [2.24, 2.45) is 0 Å². The molecule has 0 atom stereocenters. The van der Waals surface area contributed by atoms with Crippen LogP contribution in [0.2, 0.25) is 0 Å². The maximum atomic E-state index is 2.36. The van der Waals surface area contributed by atoms with Crippen LogP contribution in [0.5, 0.6) is 0 Å². The van der Waals surface area contributed by atoms with Crippen molar-refractivity contribution in [1.29, 1.82) is 0 Å². The number of hydrogen-bond acceptors (Lipinski definition) is 0. The van der Waals surface area contributed by atoms with Gasteiger partial charge in [-0.3, -0.25) is 0 Å². The van der Waals surface area contributed by atoms with Gasteiger partial charge in [-0.15, -0.1) is 0 Å². The van der Waals surface area contributed by atoms with Gasteiger partial charge in [-0.05, 0) is 32.6 Å². The summed E-state index contributed by atoms with van der Waals surface area (Å²) in [5.74, 6) is 0. The SMILES string of the molecule is CCCC[N+]1(CC)CCCCC1.[F-]. The fourth-order valence-corrected chi connectivity index (χ4v) is 2.37. The molecule has 2 heteroatoms. The molecule has 0 spiro atoms. The van der Waals surface area contributed by atoms with Gasteiger partial charge in [0.2, 0.25) is 0 Å². The predicted octanol–water partition coefficient (Wildman–Crippen LogP) is -0.189. The molecule has 0 N–H and O–H groups in total. The van der Waals surface area contributed by atoms with Crippen molar-refractivity contribution in [2.75, 3.05) is 26.2 Å². The van der Waals surface area contributed by atoms with Gasteiger partial charge < -0.3 is 9.19 Å². The second kappa shape index (κ2) is 6.36. The summed E-state index contributed by atoms with van der Waals surface area (Å²) in [7, 11) is 0. The molecule has 0 unspecified atom stereocenters. The highest BCUT2D eigenvalue weighted by atomic mass is 19.0. The summed E-state index contributed by atoms with van der Waals surface area (Å²) >= 11 is 0. The Hall–Kier alpha value is -0.110. The van der Waals surface area contributed by atoms with Crippen LogP contribution in [0.4, 0.5) is 0 Å². The highest BCUT2D eigenvalue weighted by Crippen LogP contribution is 2.19. The molecule has 0 amide bonds. The van der Waals surface area contributed by atoms with Gasteiger partial charge >= 0.3 is 0 Å². The van der Waals surface area contributed by atoms with Gasteiger partial charge in [0, 0.05) is 0 Å². The summed E-state index contributed by atoms with van der Waals surface area (Å²) in [4.78, 5) is 0. The summed E-state index contributed by atoms with van der Waals surface area (Å²) in [5, 5.41) is 0. The quantitative estimate of drug-likeness (QED) is 0.538. The van der Waals surface area contributed by atoms with E-state index in [0.29, 0.717) is 0 Å². The van der Waals surface area contributed by atoms with Gasteiger partial charge in [0.1, 0.15) is 0 Å². The van der Waals surface area contributed by atoms with E-state index in [1.807, 2.05) is 0 Å². The third kappa shape index (κ3) is 3.63. The molecule has 0 aromatic heterocycles. The van der Waals surface area contributed by atoms with E-state index in [2.05, 4.69) is 13.8 Å². The number of halogens is 1. The smallest absolute Gasteiger partial charge is 0.0786 e. The second-order valence-electron chi connectivity index (χ2n) is 4.24. The molecule has 80 valence electrons. The lowest BCUT2D eigenvalue weighted by Crippen LogP contribution is -3.00. The number of likely N-dealkylation sites (tertiary alicyclic amines) is 1. The van der Waals surface area contributed by atoms with Crippen molar-refractivity contribution in [3.05, 3.63) is 0 Å². The Morgan fingerprint density at radius 1 is 1.00 bits per heavy atom. The zero-order chi connectivity index (χ0) is 8.86. The molecular formula is C11H24FN. The topological polar surface area (TPSA) is 0 Å². The highest BCUT2D eigenvalue weighted by Gasteiger charge is 2.26. The molecule has 1 saturated heterocycles. The molecule has 0 saturated carbocycles. The summed E-state index contributed by atoms with van der Waals surface area (Å²) < 4.78 is 1.42. The second-order valence-corrected chi connectivity index (χ2v) is 4.24. The first-order valence-electron chi connectivity index (χ1n) is 5.68. The molecule has 1 nitrogen and oxygen atoms in total. The number of unbranched alkanes of at least 4 members (excludes halogenated alkanes) is 1. The van der Waals surface area contributed by atoms with Gasteiger partial charge in [-0.2, -0.15) is 0 Å². The van der Waals surface area contributed by atoms with Crippen molar-refractivity contribution in [2.45, 2.75) is 46.0 Å². The van der Waals surface area contributed by atoms with Crippen LogP contribution in [-0.2, 0) is 0 Å². The molecule has 0 aromatic carbocycles. The zero-order valence-electron chi connectivity index (χ0n) is 9.19.